The summed E-state index contributed by atoms with van der Waals surface area (Å²) in [5.41, 5.74) is 4.35. The summed E-state index contributed by atoms with van der Waals surface area (Å²) in [5, 5.41) is 3.47. The number of hydrogen-bond donors (Lipinski definition) is 1. The average Bonchev–Trinajstić information content (AvgIpc) is 2.42. The van der Waals surface area contributed by atoms with Crippen LogP contribution in [0.4, 0.5) is 5.69 Å². The first-order valence-electron chi connectivity index (χ1n) is 7.34. The van der Waals surface area contributed by atoms with Gasteiger partial charge in [0.15, 0.2) is 0 Å². The number of unbranched alkanes of at least 4 members (excludes halogenated alkanes) is 1. The third-order valence-corrected chi connectivity index (χ3v) is 3.78. The number of anilines is 1. The molecule has 0 radical (unpaired) electrons. The van der Waals surface area contributed by atoms with Crippen LogP contribution in [0.25, 0.3) is 0 Å². The van der Waals surface area contributed by atoms with Crippen molar-refractivity contribution >= 4 is 5.69 Å². The number of likely N-dealkylation sites (N-methyl/N-ethyl adjacent to an activating group) is 1. The van der Waals surface area contributed by atoms with Crippen LogP contribution in [0.3, 0.4) is 0 Å². The van der Waals surface area contributed by atoms with Crippen LogP contribution in [0.2, 0.25) is 0 Å². The molecule has 0 aliphatic carbocycles. The van der Waals surface area contributed by atoms with Crippen molar-refractivity contribution in [3.05, 3.63) is 29.3 Å². The smallest absolute Gasteiger partial charge is 0.0372 e. The molecule has 0 amide bonds. The first kappa shape index (κ1) is 13.4. The normalized spacial score (nSPS) is 14.4. The zero-order valence-corrected chi connectivity index (χ0v) is 11.8. The molecule has 0 fully saturated rings. The van der Waals surface area contributed by atoms with Crippen LogP contribution in [0.15, 0.2) is 18.2 Å². The molecule has 1 aromatic rings. The second kappa shape index (κ2) is 6.79. The molecule has 100 valence electrons. The Morgan fingerprint density at radius 2 is 2.17 bits per heavy atom. The molecule has 0 unspecified atom stereocenters. The fourth-order valence-electron chi connectivity index (χ4n) is 2.54. The van der Waals surface area contributed by atoms with Crippen molar-refractivity contribution in [1.82, 2.24) is 4.90 Å². The molecule has 18 heavy (non-hydrogen) atoms. The van der Waals surface area contributed by atoms with Gasteiger partial charge in [-0.05, 0) is 56.5 Å². The van der Waals surface area contributed by atoms with Gasteiger partial charge in [-0.15, -0.1) is 0 Å². The lowest BCUT2D eigenvalue weighted by molar-refractivity contribution is 0.332. The highest BCUT2D eigenvalue weighted by Gasteiger charge is 2.08. The molecule has 1 N–H and O–H groups in total. The lowest BCUT2D eigenvalue weighted by Crippen LogP contribution is -2.22. The Kier molecular flexibility index (Phi) is 5.06. The van der Waals surface area contributed by atoms with E-state index in [1.165, 1.54) is 62.0 Å². The van der Waals surface area contributed by atoms with Gasteiger partial charge in [0.25, 0.3) is 0 Å². The minimum Gasteiger partial charge on any atom is -0.385 e. The standard InChI is InChI=1S/C16H26N2/c1-3-4-11-18(2)12-9-14-7-8-16-15(13-14)6-5-10-17-16/h7-8,13,17H,3-6,9-12H2,1-2H3. The Labute approximate surface area is 111 Å². The van der Waals surface area contributed by atoms with Crippen LogP contribution < -0.4 is 5.32 Å². The molecule has 2 nitrogen and oxygen atoms in total. The third kappa shape index (κ3) is 3.74. The van der Waals surface area contributed by atoms with E-state index in [2.05, 4.69) is 42.4 Å². The second-order valence-corrected chi connectivity index (χ2v) is 5.43. The Balaban J connectivity index is 1.86. The van der Waals surface area contributed by atoms with Gasteiger partial charge in [0.1, 0.15) is 0 Å². The fourth-order valence-corrected chi connectivity index (χ4v) is 2.54. The summed E-state index contributed by atoms with van der Waals surface area (Å²) in [6.07, 6.45) is 6.28. The Morgan fingerprint density at radius 1 is 1.28 bits per heavy atom. The molecular formula is C16H26N2. The molecule has 1 heterocycles. The van der Waals surface area contributed by atoms with Crippen LogP contribution in [-0.2, 0) is 12.8 Å². The zero-order valence-electron chi connectivity index (χ0n) is 11.8. The van der Waals surface area contributed by atoms with Gasteiger partial charge in [-0.1, -0.05) is 25.5 Å². The van der Waals surface area contributed by atoms with Crippen LogP contribution in [0.1, 0.15) is 37.3 Å². The van der Waals surface area contributed by atoms with E-state index in [-0.39, 0.29) is 0 Å². The number of rotatable bonds is 6. The maximum atomic E-state index is 3.47. The highest BCUT2D eigenvalue weighted by molar-refractivity contribution is 5.54. The fraction of sp³-hybridized carbons (Fsp3) is 0.625. The Hall–Kier alpha value is -1.02. The molecule has 1 aromatic carbocycles. The minimum absolute atomic E-state index is 1.13. The van der Waals surface area contributed by atoms with Gasteiger partial charge in [-0.3, -0.25) is 0 Å². The van der Waals surface area contributed by atoms with E-state index in [0.717, 1.165) is 6.54 Å². The maximum Gasteiger partial charge on any atom is 0.0372 e. The molecule has 0 atom stereocenters. The number of hydrogen-bond acceptors (Lipinski definition) is 2. The van der Waals surface area contributed by atoms with Crippen molar-refractivity contribution in [1.29, 1.82) is 0 Å². The third-order valence-electron chi connectivity index (χ3n) is 3.78. The van der Waals surface area contributed by atoms with Gasteiger partial charge in [-0.2, -0.15) is 0 Å². The molecule has 1 aliphatic rings. The molecule has 0 aromatic heterocycles. The van der Waals surface area contributed by atoms with Crippen molar-refractivity contribution < 1.29 is 0 Å². The molecule has 0 saturated carbocycles. The largest absolute Gasteiger partial charge is 0.385 e. The molecular weight excluding hydrogens is 220 g/mol. The highest BCUT2D eigenvalue weighted by atomic mass is 15.1. The van der Waals surface area contributed by atoms with Crippen LogP contribution in [0, 0.1) is 0 Å². The first-order valence-corrected chi connectivity index (χ1v) is 7.34. The predicted octanol–water partition coefficient (Wildman–Crippen LogP) is 3.32. The van der Waals surface area contributed by atoms with Crippen molar-refractivity contribution in [2.24, 2.45) is 0 Å². The van der Waals surface area contributed by atoms with E-state index in [9.17, 15) is 0 Å². The van der Waals surface area contributed by atoms with Gasteiger partial charge in [-0.25, -0.2) is 0 Å². The number of nitrogens with zero attached hydrogens (tertiary/aromatic N) is 1. The van der Waals surface area contributed by atoms with Crippen molar-refractivity contribution in [2.45, 2.75) is 39.0 Å². The Morgan fingerprint density at radius 3 is 3.00 bits per heavy atom. The van der Waals surface area contributed by atoms with E-state index in [0.29, 0.717) is 0 Å². The van der Waals surface area contributed by atoms with Crippen LogP contribution >= 0.6 is 0 Å². The van der Waals surface area contributed by atoms with Gasteiger partial charge < -0.3 is 10.2 Å². The predicted molar refractivity (Wildman–Crippen MR) is 79.4 cm³/mol. The van der Waals surface area contributed by atoms with Crippen molar-refractivity contribution in [3.63, 3.8) is 0 Å². The van der Waals surface area contributed by atoms with Crippen molar-refractivity contribution in [2.75, 3.05) is 32.0 Å². The highest BCUT2D eigenvalue weighted by Crippen LogP contribution is 2.23. The molecule has 2 rings (SSSR count). The summed E-state index contributed by atoms with van der Waals surface area (Å²) in [5.74, 6) is 0. The van der Waals surface area contributed by atoms with E-state index in [1.54, 1.807) is 0 Å². The molecule has 0 bridgehead atoms. The summed E-state index contributed by atoms with van der Waals surface area (Å²) in [4.78, 5) is 2.45. The number of benzene rings is 1. The summed E-state index contributed by atoms with van der Waals surface area (Å²) in [6, 6.07) is 6.94. The lowest BCUT2D eigenvalue weighted by atomic mass is 9.99. The van der Waals surface area contributed by atoms with Gasteiger partial charge in [0.2, 0.25) is 0 Å². The van der Waals surface area contributed by atoms with Crippen molar-refractivity contribution in [3.8, 4) is 0 Å². The van der Waals surface area contributed by atoms with E-state index >= 15 is 0 Å². The van der Waals surface area contributed by atoms with E-state index in [1.807, 2.05) is 0 Å². The Bertz CT molecular complexity index is 373. The zero-order chi connectivity index (χ0) is 12.8. The lowest BCUT2D eigenvalue weighted by Gasteiger charge is -2.20. The van der Waals surface area contributed by atoms with Crippen LogP contribution in [0.5, 0.6) is 0 Å². The van der Waals surface area contributed by atoms with Gasteiger partial charge >= 0.3 is 0 Å². The van der Waals surface area contributed by atoms with Gasteiger partial charge in [0, 0.05) is 18.8 Å². The number of fused-ring (bicyclic) bond motifs is 1. The van der Waals surface area contributed by atoms with E-state index in [4.69, 9.17) is 0 Å². The summed E-state index contributed by atoms with van der Waals surface area (Å²) in [6.45, 7) is 5.78. The molecule has 0 spiro atoms. The van der Waals surface area contributed by atoms with E-state index < -0.39 is 0 Å². The summed E-state index contributed by atoms with van der Waals surface area (Å²) >= 11 is 0. The SMILES string of the molecule is CCCCN(C)CCc1ccc2c(c1)CCCN2. The number of aryl methyl sites for hydroxylation is 1. The number of nitrogens with one attached hydrogen (secondary N) is 1. The summed E-state index contributed by atoms with van der Waals surface area (Å²) < 4.78 is 0. The minimum atomic E-state index is 1.13. The van der Waals surface area contributed by atoms with Gasteiger partial charge in [0.05, 0.1) is 0 Å². The quantitative estimate of drug-likeness (QED) is 0.828. The molecule has 1 aliphatic heterocycles. The first-order chi connectivity index (χ1) is 8.79. The topological polar surface area (TPSA) is 15.3 Å². The average molecular weight is 246 g/mol. The monoisotopic (exact) mass is 246 g/mol. The summed E-state index contributed by atoms with van der Waals surface area (Å²) in [7, 11) is 2.23. The molecule has 0 saturated heterocycles. The molecule has 2 heteroatoms. The maximum absolute atomic E-state index is 3.47. The van der Waals surface area contributed by atoms with Crippen LogP contribution in [-0.4, -0.2) is 31.6 Å². The second-order valence-electron chi connectivity index (χ2n) is 5.43.